The molecule has 3 unspecified atom stereocenters. The second kappa shape index (κ2) is 14.5. The van der Waals surface area contributed by atoms with Crippen molar-refractivity contribution in [2.45, 2.75) is 153 Å². The fraction of sp³-hybridized carbons (Fsp3) is 0.917. The van der Waals surface area contributed by atoms with Crippen molar-refractivity contribution >= 4 is 17.7 Å². The summed E-state index contributed by atoms with van der Waals surface area (Å²) in [5.74, 6) is -2.24. The lowest BCUT2D eigenvalue weighted by Crippen LogP contribution is -2.62. The fourth-order valence-corrected chi connectivity index (χ4v) is 8.79. The highest BCUT2D eigenvalue weighted by molar-refractivity contribution is 6.04. The van der Waals surface area contributed by atoms with E-state index < -0.39 is 53.1 Å². The van der Waals surface area contributed by atoms with Gasteiger partial charge in [-0.15, -0.1) is 0 Å². The maximum absolute atomic E-state index is 14.7. The van der Waals surface area contributed by atoms with E-state index in [1.165, 1.54) is 0 Å². The van der Waals surface area contributed by atoms with Crippen molar-refractivity contribution in [1.29, 1.82) is 0 Å². The summed E-state index contributed by atoms with van der Waals surface area (Å²) in [5.41, 5.74) is -3.53. The molecule has 0 aromatic rings. The second-order valence-electron chi connectivity index (χ2n) is 16.3. The van der Waals surface area contributed by atoms with Crippen LogP contribution in [-0.4, -0.2) is 122 Å². The summed E-state index contributed by atoms with van der Waals surface area (Å²) in [6.07, 6.45) is 0.508. The van der Waals surface area contributed by atoms with Gasteiger partial charge in [0.2, 0.25) is 0 Å². The maximum Gasteiger partial charge on any atom is 0.319 e. The zero-order chi connectivity index (χ0) is 35.2. The molecular weight excluding hydrogens is 618 g/mol. The highest BCUT2D eigenvalue weighted by Crippen LogP contribution is 2.45. The molecule has 1 saturated carbocycles. The molecule has 13 atom stereocenters. The minimum Gasteiger partial charge on any atom is -0.457 e. The number of rotatable bonds is 7. The lowest BCUT2D eigenvalue weighted by atomic mass is 9.70. The molecule has 48 heavy (non-hydrogen) atoms. The number of aliphatic hydroxyl groups excluding tert-OH is 1. The normalized spacial score (nSPS) is 46.4. The predicted octanol–water partition coefficient (Wildman–Crippen LogP) is 2.58. The Kier molecular flexibility index (Phi) is 11.4. The highest BCUT2D eigenvalue weighted by atomic mass is 16.7. The number of hydrogen-bond acceptors (Lipinski definition) is 12. The SMILES string of the molecule is CC[C@H]1OC(=O)[C@]2(C)CCO[C@@](C)(C[C@@H](C)CN[C@H](C)[C@H]3CC(=O)O[C@@]31C)[C@H](O[C@@H]1OC(CNC3CC3)CC(N(C)C)C1O)[C@@H](C)C2=O. The zero-order valence-electron chi connectivity index (χ0n) is 30.6. The average molecular weight is 680 g/mol. The molecule has 1 aliphatic carbocycles. The van der Waals surface area contributed by atoms with E-state index >= 15 is 0 Å². The van der Waals surface area contributed by atoms with E-state index in [0.29, 0.717) is 38.4 Å². The third-order valence-electron chi connectivity index (χ3n) is 12.0. The van der Waals surface area contributed by atoms with Gasteiger partial charge in [0.1, 0.15) is 17.6 Å². The van der Waals surface area contributed by atoms with E-state index in [0.717, 1.165) is 12.8 Å². The van der Waals surface area contributed by atoms with E-state index in [9.17, 15) is 19.5 Å². The van der Waals surface area contributed by atoms with E-state index in [1.807, 2.05) is 46.7 Å². The van der Waals surface area contributed by atoms with Crippen LogP contribution in [0.3, 0.4) is 0 Å². The molecule has 5 heterocycles. The van der Waals surface area contributed by atoms with Gasteiger partial charge in [0.05, 0.1) is 24.2 Å². The number of esters is 2. The number of carbonyl (C=O) groups is 3. The molecule has 274 valence electrons. The van der Waals surface area contributed by atoms with Gasteiger partial charge in [-0.1, -0.05) is 20.8 Å². The van der Waals surface area contributed by atoms with Crippen molar-refractivity contribution < 1.29 is 43.2 Å². The van der Waals surface area contributed by atoms with Crippen LogP contribution < -0.4 is 10.6 Å². The first-order valence-corrected chi connectivity index (χ1v) is 18.3. The van der Waals surface area contributed by atoms with Crippen LogP contribution in [0, 0.1) is 23.2 Å². The summed E-state index contributed by atoms with van der Waals surface area (Å²) in [6, 6.07) is 0.173. The van der Waals surface area contributed by atoms with Gasteiger partial charge in [-0.25, -0.2) is 0 Å². The minimum atomic E-state index is -1.53. The average Bonchev–Trinajstić information content (AvgIpc) is 3.80. The first-order chi connectivity index (χ1) is 22.5. The maximum atomic E-state index is 14.7. The number of fused-ring (bicyclic) bond motifs is 10. The molecule has 6 fully saturated rings. The molecule has 6 aliphatic rings. The van der Waals surface area contributed by atoms with Gasteiger partial charge in [-0.3, -0.25) is 14.4 Å². The Hall–Kier alpha value is -1.67. The molecule has 0 spiro atoms. The molecule has 12 nitrogen and oxygen atoms in total. The summed E-state index contributed by atoms with van der Waals surface area (Å²) in [5, 5.41) is 18.8. The number of ether oxygens (including phenoxy) is 5. The van der Waals surface area contributed by atoms with Crippen LogP contribution in [0.1, 0.15) is 93.4 Å². The molecule has 0 amide bonds. The lowest BCUT2D eigenvalue weighted by molar-refractivity contribution is -0.301. The molecule has 6 rings (SSSR count). The summed E-state index contributed by atoms with van der Waals surface area (Å²) >= 11 is 0. The van der Waals surface area contributed by atoms with E-state index in [4.69, 9.17) is 23.7 Å². The molecule has 0 radical (unpaired) electrons. The number of ketones is 1. The summed E-state index contributed by atoms with van der Waals surface area (Å²) in [4.78, 5) is 43.5. The largest absolute Gasteiger partial charge is 0.457 e. The molecule has 0 aromatic heterocycles. The lowest BCUT2D eigenvalue weighted by Gasteiger charge is -2.49. The van der Waals surface area contributed by atoms with Gasteiger partial charge < -0.3 is 44.3 Å². The van der Waals surface area contributed by atoms with Gasteiger partial charge >= 0.3 is 11.9 Å². The Morgan fingerprint density at radius 3 is 2.46 bits per heavy atom. The first-order valence-electron chi connectivity index (χ1n) is 18.3. The van der Waals surface area contributed by atoms with Gasteiger partial charge in [-0.05, 0) is 92.8 Å². The predicted molar refractivity (Wildman–Crippen MR) is 178 cm³/mol. The Labute approximate surface area is 286 Å². The van der Waals surface area contributed by atoms with Gasteiger partial charge in [0.25, 0.3) is 0 Å². The molecule has 12 heteroatoms. The summed E-state index contributed by atoms with van der Waals surface area (Å²) < 4.78 is 32.1. The van der Waals surface area contributed by atoms with Crippen LogP contribution in [0.25, 0.3) is 0 Å². The van der Waals surface area contributed by atoms with Crippen molar-refractivity contribution in [3.05, 3.63) is 0 Å². The number of nitrogens with zero attached hydrogens (tertiary/aromatic N) is 1. The Morgan fingerprint density at radius 1 is 1.10 bits per heavy atom. The van der Waals surface area contributed by atoms with Crippen LogP contribution >= 0.6 is 0 Å². The summed E-state index contributed by atoms with van der Waals surface area (Å²) in [7, 11) is 3.88. The Bertz CT molecular complexity index is 1180. The number of hydrogen-bond donors (Lipinski definition) is 3. The molecule has 5 saturated heterocycles. The van der Waals surface area contributed by atoms with Crippen LogP contribution in [0.15, 0.2) is 0 Å². The van der Waals surface area contributed by atoms with Crippen LogP contribution in [0.5, 0.6) is 0 Å². The monoisotopic (exact) mass is 679 g/mol. The zero-order valence-corrected chi connectivity index (χ0v) is 30.6. The Balaban J connectivity index is 1.50. The van der Waals surface area contributed by atoms with Crippen molar-refractivity contribution in [1.82, 2.24) is 15.5 Å². The van der Waals surface area contributed by atoms with Crippen molar-refractivity contribution in [3.8, 4) is 0 Å². The number of nitrogens with one attached hydrogen (secondary N) is 2. The minimum absolute atomic E-state index is 0.0770. The standard InChI is InChI=1S/C36H61N3O9/c1-10-27-36(7)25(16-28(40)48-36)22(4)37-18-20(2)17-35(6)31(21(3)30(42)34(5,13-14-44-35)33(43)46-27)47-32-29(41)26(39(8)9)15-24(45-32)19-38-23-11-12-23/h20-27,29,31-32,37-38,41H,10-19H2,1-9H3/t20-,21+,22-,24?,25-,26?,27-,29?,31-,32+,34-,35+,36+/m1/s1. The number of Topliss-reactive ketones (excluding diaryl/α,β-unsaturated/α-hetero) is 1. The highest BCUT2D eigenvalue weighted by Gasteiger charge is 2.58. The van der Waals surface area contributed by atoms with Gasteiger partial charge in [0, 0.05) is 43.1 Å². The Morgan fingerprint density at radius 2 is 1.81 bits per heavy atom. The summed E-state index contributed by atoms with van der Waals surface area (Å²) in [6.45, 7) is 14.7. The second-order valence-corrected chi connectivity index (χ2v) is 16.3. The van der Waals surface area contributed by atoms with E-state index in [2.05, 4.69) is 17.6 Å². The smallest absolute Gasteiger partial charge is 0.319 e. The quantitative estimate of drug-likeness (QED) is 0.269. The van der Waals surface area contributed by atoms with Gasteiger partial charge in [0.15, 0.2) is 17.7 Å². The van der Waals surface area contributed by atoms with Crippen LogP contribution in [0.4, 0.5) is 0 Å². The van der Waals surface area contributed by atoms with E-state index in [1.54, 1.807) is 13.8 Å². The van der Waals surface area contributed by atoms with Gasteiger partial charge in [-0.2, -0.15) is 0 Å². The van der Waals surface area contributed by atoms with Crippen molar-refractivity contribution in [2.24, 2.45) is 23.2 Å². The number of likely N-dealkylation sites (N-methyl/N-ethyl adjacent to an activating group) is 1. The molecular formula is C36H61N3O9. The first kappa shape index (κ1) is 37.6. The molecule has 2 bridgehead atoms. The topological polar surface area (TPSA) is 145 Å². The molecule has 0 aromatic carbocycles. The van der Waals surface area contributed by atoms with E-state index in [-0.39, 0.29) is 61.2 Å². The molecule has 3 N–H and O–H groups in total. The van der Waals surface area contributed by atoms with Crippen molar-refractivity contribution in [3.63, 3.8) is 0 Å². The fourth-order valence-electron chi connectivity index (χ4n) is 8.79. The third-order valence-corrected chi connectivity index (χ3v) is 12.0. The number of aliphatic hydroxyl groups is 1. The van der Waals surface area contributed by atoms with Crippen LogP contribution in [-0.2, 0) is 38.1 Å². The third kappa shape index (κ3) is 7.50. The van der Waals surface area contributed by atoms with Crippen molar-refractivity contribution in [2.75, 3.05) is 33.8 Å². The van der Waals surface area contributed by atoms with Crippen LogP contribution in [0.2, 0.25) is 0 Å². The number of carbonyl (C=O) groups excluding carboxylic acids is 3. The molecule has 5 aliphatic heterocycles.